The molecule has 1 aromatic carbocycles. The topological polar surface area (TPSA) is 81.7 Å². The van der Waals surface area contributed by atoms with Crippen molar-refractivity contribution in [2.45, 2.75) is 57.2 Å². The molecule has 26 heavy (non-hydrogen) atoms. The first-order valence-corrected chi connectivity index (χ1v) is 9.66. The lowest BCUT2D eigenvalue weighted by molar-refractivity contribution is -0.126. The summed E-state index contributed by atoms with van der Waals surface area (Å²) in [7, 11) is 0. The van der Waals surface area contributed by atoms with E-state index >= 15 is 0 Å². The summed E-state index contributed by atoms with van der Waals surface area (Å²) in [5, 5.41) is 15.9. The third kappa shape index (κ3) is 3.30. The number of nitrogens with one attached hydrogen (secondary N) is 2. The molecule has 0 radical (unpaired) electrons. The van der Waals surface area contributed by atoms with Crippen LogP contribution in [-0.4, -0.2) is 53.0 Å². The van der Waals surface area contributed by atoms with Crippen LogP contribution in [0.1, 0.15) is 48.0 Å². The summed E-state index contributed by atoms with van der Waals surface area (Å²) in [6, 6.07) is 5.10. The van der Waals surface area contributed by atoms with Gasteiger partial charge in [0, 0.05) is 17.6 Å². The van der Waals surface area contributed by atoms with Gasteiger partial charge in [0.25, 0.3) is 5.91 Å². The van der Waals surface area contributed by atoms with Crippen LogP contribution in [0, 0.1) is 12.8 Å². The van der Waals surface area contributed by atoms with Crippen molar-refractivity contribution >= 4 is 11.8 Å². The van der Waals surface area contributed by atoms with Crippen LogP contribution in [0.25, 0.3) is 0 Å². The molecule has 1 aromatic rings. The number of carbonyl (C=O) groups is 2. The molecule has 2 bridgehead atoms. The first-order chi connectivity index (χ1) is 12.5. The zero-order valence-corrected chi connectivity index (χ0v) is 15.2. The Morgan fingerprint density at radius 3 is 2.42 bits per heavy atom. The minimum atomic E-state index is -0.157. The average Bonchev–Trinajstić information content (AvgIpc) is 3.33. The number of hydrogen-bond donors (Lipinski definition) is 3. The van der Waals surface area contributed by atoms with E-state index < -0.39 is 0 Å². The van der Waals surface area contributed by atoms with Gasteiger partial charge < -0.3 is 15.7 Å². The molecule has 4 rings (SSSR count). The highest BCUT2D eigenvalue weighted by Crippen LogP contribution is 2.34. The number of aryl methyl sites for hydroxylation is 1. The zero-order chi connectivity index (χ0) is 18.3. The van der Waals surface area contributed by atoms with E-state index in [4.69, 9.17) is 0 Å². The van der Waals surface area contributed by atoms with Gasteiger partial charge in [0.05, 0.1) is 6.04 Å². The molecule has 1 saturated carbocycles. The van der Waals surface area contributed by atoms with Gasteiger partial charge in [0.1, 0.15) is 5.75 Å². The van der Waals surface area contributed by atoms with Gasteiger partial charge in [-0.15, -0.1) is 0 Å². The van der Waals surface area contributed by atoms with E-state index in [1.807, 2.05) is 6.92 Å². The standard InChI is InChI=1S/C20H27N3O3/c1-12-2-5-16(24)11-17(12)19(25)21-14-3-4-15(10-14)22-20(26)18-13-6-8-23(18)9-7-13/h2,5,11,13-15,18,24H,3-4,6-10H2,1H3,(H,21,25)(H,22,26)/t14-,15+,18?/m1/s1. The van der Waals surface area contributed by atoms with E-state index in [1.165, 1.54) is 6.07 Å². The Balaban J connectivity index is 1.30. The van der Waals surface area contributed by atoms with Gasteiger partial charge in [-0.2, -0.15) is 0 Å². The predicted octanol–water partition coefficient (Wildman–Crippen LogP) is 1.56. The SMILES string of the molecule is Cc1ccc(O)cc1C(=O)N[C@@H]1CC[C@H](NC(=O)C2C3CCN2CC3)C1. The number of amides is 2. The number of aromatic hydroxyl groups is 1. The van der Waals surface area contributed by atoms with E-state index in [0.29, 0.717) is 11.5 Å². The molecule has 3 atom stereocenters. The largest absolute Gasteiger partial charge is 0.508 e. The van der Waals surface area contributed by atoms with Crippen LogP contribution < -0.4 is 10.6 Å². The van der Waals surface area contributed by atoms with Crippen LogP contribution in [0.5, 0.6) is 5.75 Å². The molecule has 1 unspecified atom stereocenters. The van der Waals surface area contributed by atoms with Crippen molar-refractivity contribution in [3.8, 4) is 5.75 Å². The summed E-state index contributed by atoms with van der Waals surface area (Å²) in [6.07, 6.45) is 4.82. The van der Waals surface area contributed by atoms with Crippen LogP contribution in [0.3, 0.4) is 0 Å². The van der Waals surface area contributed by atoms with E-state index in [1.54, 1.807) is 12.1 Å². The Morgan fingerprint density at radius 1 is 1.08 bits per heavy atom. The van der Waals surface area contributed by atoms with Crippen molar-refractivity contribution in [3.63, 3.8) is 0 Å². The second kappa shape index (κ2) is 6.91. The molecule has 3 aliphatic rings. The van der Waals surface area contributed by atoms with Crippen LogP contribution in [0.15, 0.2) is 18.2 Å². The summed E-state index contributed by atoms with van der Waals surface area (Å²) in [4.78, 5) is 27.4. The van der Waals surface area contributed by atoms with Gasteiger partial charge in [-0.3, -0.25) is 14.5 Å². The molecule has 1 aliphatic carbocycles. The smallest absolute Gasteiger partial charge is 0.251 e. The first kappa shape index (κ1) is 17.3. The molecule has 6 heteroatoms. The third-order valence-corrected chi connectivity index (χ3v) is 6.26. The first-order valence-electron chi connectivity index (χ1n) is 9.66. The molecular formula is C20H27N3O3. The van der Waals surface area contributed by atoms with Crippen LogP contribution in [-0.2, 0) is 4.79 Å². The maximum absolute atomic E-state index is 12.6. The number of carbonyl (C=O) groups excluding carboxylic acids is 2. The summed E-state index contributed by atoms with van der Waals surface area (Å²) in [5.41, 5.74) is 1.35. The number of piperidine rings is 1. The van der Waals surface area contributed by atoms with Crippen molar-refractivity contribution < 1.29 is 14.7 Å². The number of benzene rings is 1. The molecule has 2 amide bonds. The summed E-state index contributed by atoms with van der Waals surface area (Å²) in [6.45, 7) is 3.96. The van der Waals surface area contributed by atoms with Gasteiger partial charge in [0.2, 0.25) is 5.91 Å². The van der Waals surface area contributed by atoms with Gasteiger partial charge in [-0.25, -0.2) is 0 Å². The minimum Gasteiger partial charge on any atom is -0.508 e. The van der Waals surface area contributed by atoms with Gasteiger partial charge in [0.15, 0.2) is 0 Å². The minimum absolute atomic E-state index is 0.0650. The molecule has 6 nitrogen and oxygen atoms in total. The van der Waals surface area contributed by atoms with E-state index in [9.17, 15) is 14.7 Å². The normalized spacial score (nSPS) is 32.6. The highest BCUT2D eigenvalue weighted by Gasteiger charge is 2.44. The van der Waals surface area contributed by atoms with E-state index in [0.717, 1.165) is 50.8 Å². The molecular weight excluding hydrogens is 330 g/mol. The summed E-state index contributed by atoms with van der Waals surface area (Å²) >= 11 is 0. The Bertz CT molecular complexity index is 700. The monoisotopic (exact) mass is 357 g/mol. The van der Waals surface area contributed by atoms with Crippen LogP contribution >= 0.6 is 0 Å². The van der Waals surface area contributed by atoms with Crippen molar-refractivity contribution in [3.05, 3.63) is 29.3 Å². The highest BCUT2D eigenvalue weighted by atomic mass is 16.3. The van der Waals surface area contributed by atoms with Crippen molar-refractivity contribution in [1.82, 2.24) is 15.5 Å². The Kier molecular flexibility index (Phi) is 4.61. The second-order valence-corrected chi connectivity index (χ2v) is 8.01. The fourth-order valence-electron chi connectivity index (χ4n) is 4.84. The fraction of sp³-hybridized carbons (Fsp3) is 0.600. The zero-order valence-electron chi connectivity index (χ0n) is 15.2. The molecule has 140 valence electrons. The molecule has 0 spiro atoms. The molecule has 3 fully saturated rings. The quantitative estimate of drug-likeness (QED) is 0.764. The maximum atomic E-state index is 12.6. The molecule has 2 heterocycles. The van der Waals surface area contributed by atoms with Crippen LogP contribution in [0.2, 0.25) is 0 Å². The van der Waals surface area contributed by atoms with Gasteiger partial charge in [-0.1, -0.05) is 6.07 Å². The fourth-order valence-corrected chi connectivity index (χ4v) is 4.84. The number of hydrogen-bond acceptors (Lipinski definition) is 4. The van der Waals surface area contributed by atoms with Crippen molar-refractivity contribution in [2.75, 3.05) is 13.1 Å². The molecule has 2 saturated heterocycles. The number of nitrogens with zero attached hydrogens (tertiary/aromatic N) is 1. The second-order valence-electron chi connectivity index (χ2n) is 8.01. The average molecular weight is 357 g/mol. The maximum Gasteiger partial charge on any atom is 0.251 e. The summed E-state index contributed by atoms with van der Waals surface area (Å²) in [5.74, 6) is 0.639. The van der Waals surface area contributed by atoms with Gasteiger partial charge >= 0.3 is 0 Å². The highest BCUT2D eigenvalue weighted by molar-refractivity contribution is 5.96. The number of rotatable bonds is 4. The summed E-state index contributed by atoms with van der Waals surface area (Å²) < 4.78 is 0. The van der Waals surface area contributed by atoms with Crippen molar-refractivity contribution in [1.29, 1.82) is 0 Å². The lowest BCUT2D eigenvalue weighted by Crippen LogP contribution is -2.46. The molecule has 3 N–H and O–H groups in total. The predicted molar refractivity (Wildman–Crippen MR) is 98.0 cm³/mol. The van der Waals surface area contributed by atoms with Crippen LogP contribution in [0.4, 0.5) is 0 Å². The van der Waals surface area contributed by atoms with Gasteiger partial charge in [-0.05, 0) is 75.7 Å². The number of phenolic OH excluding ortho intramolecular Hbond substituents is 1. The van der Waals surface area contributed by atoms with Crippen molar-refractivity contribution in [2.24, 2.45) is 5.92 Å². The lowest BCUT2D eigenvalue weighted by Gasteiger charge is -2.21. The Labute approximate surface area is 153 Å². The van der Waals surface area contributed by atoms with E-state index in [-0.39, 0.29) is 35.7 Å². The molecule has 0 aromatic heterocycles. The number of phenols is 1. The lowest BCUT2D eigenvalue weighted by atomic mass is 9.99. The third-order valence-electron chi connectivity index (χ3n) is 6.26. The molecule has 2 aliphatic heterocycles. The Hall–Kier alpha value is -2.08. The Morgan fingerprint density at radius 2 is 1.77 bits per heavy atom. The number of fused-ring (bicyclic) bond motifs is 2. The van der Waals surface area contributed by atoms with E-state index in [2.05, 4.69) is 15.5 Å².